The van der Waals surface area contributed by atoms with Crippen molar-refractivity contribution in [3.05, 3.63) is 48.6 Å². The third-order valence-electron chi connectivity index (χ3n) is 16.5. The molecule has 0 spiro atoms. The van der Waals surface area contributed by atoms with Crippen LogP contribution in [0.25, 0.3) is 0 Å². The van der Waals surface area contributed by atoms with Crippen molar-refractivity contribution in [1.82, 2.24) is 0 Å². The topological polar surface area (TPSA) is 78.9 Å². The van der Waals surface area contributed by atoms with Gasteiger partial charge in [0.2, 0.25) is 0 Å². The zero-order valence-corrected chi connectivity index (χ0v) is 55.3. The number of carbonyl (C=O) groups excluding carboxylic acids is 3. The molecule has 0 saturated carbocycles. The smallest absolute Gasteiger partial charge is 0.306 e. The minimum Gasteiger partial charge on any atom is -0.462 e. The Labute approximate surface area is 511 Å². The summed E-state index contributed by atoms with van der Waals surface area (Å²) in [5, 5.41) is 0. The molecule has 0 aliphatic carbocycles. The first-order valence-corrected chi connectivity index (χ1v) is 36.6. The summed E-state index contributed by atoms with van der Waals surface area (Å²) in [4.78, 5) is 38.3. The fourth-order valence-electron chi connectivity index (χ4n) is 11.0. The maximum Gasteiger partial charge on any atom is 0.306 e. The Hall–Kier alpha value is -2.63. The Morgan fingerprint density at radius 1 is 0.244 bits per heavy atom. The van der Waals surface area contributed by atoms with E-state index in [2.05, 4.69) is 69.4 Å². The van der Waals surface area contributed by atoms with Crippen molar-refractivity contribution >= 4 is 17.9 Å². The molecule has 0 bridgehead atoms. The van der Waals surface area contributed by atoms with Crippen molar-refractivity contribution in [2.45, 2.75) is 406 Å². The molecule has 480 valence electrons. The van der Waals surface area contributed by atoms with Crippen molar-refractivity contribution in [2.24, 2.45) is 0 Å². The Kier molecular flexibility index (Phi) is 68.6. The third kappa shape index (κ3) is 68.2. The van der Waals surface area contributed by atoms with E-state index in [0.717, 1.165) is 89.9 Å². The molecule has 0 amide bonds. The van der Waals surface area contributed by atoms with Crippen molar-refractivity contribution < 1.29 is 28.6 Å². The predicted octanol–water partition coefficient (Wildman–Crippen LogP) is 25.3. The SMILES string of the molecule is CCC/C=C\C/C=C\CCCCCCCC(=O)OCC(COC(=O)CCCCCCCCCCCCCCCCCCCCCCCCC/C=C\CCCCCCCCCC)OC(=O)CCCCCCC/C=C\CCCCCCCCC. The van der Waals surface area contributed by atoms with E-state index in [4.69, 9.17) is 14.2 Å². The molecule has 1 unspecified atom stereocenters. The maximum atomic E-state index is 12.9. The highest BCUT2D eigenvalue weighted by Crippen LogP contribution is 2.18. The first-order valence-electron chi connectivity index (χ1n) is 36.6. The number of unbranched alkanes of at least 4 members (excludes halogenated alkanes) is 49. The quantitative estimate of drug-likeness (QED) is 0.0261. The van der Waals surface area contributed by atoms with Gasteiger partial charge in [0, 0.05) is 19.3 Å². The minimum absolute atomic E-state index is 0.0771. The molecule has 0 N–H and O–H groups in total. The fraction of sp³-hybridized carbons (Fsp3) is 0.855. The standard InChI is InChI=1S/C76H140O6/c1-4-7-10-13-16-19-22-25-27-29-30-31-32-33-34-35-36-37-38-39-40-41-42-43-44-45-46-47-49-51-54-57-60-63-66-69-75(78)81-72-73(71-80-74(77)68-65-62-59-56-53-50-24-21-18-15-12-9-6-3)82-76(79)70-67-64-61-58-55-52-48-28-26-23-20-17-14-11-8-5-2/h12,15,21,24,28-30,48,73H,4-11,13-14,16-20,22-23,25-27,31-47,49-72H2,1-3H3/b15-12-,24-21-,30-29-,48-28-. The van der Waals surface area contributed by atoms with Crippen LogP contribution in [0.3, 0.4) is 0 Å². The summed E-state index contributed by atoms with van der Waals surface area (Å²) in [7, 11) is 0. The summed E-state index contributed by atoms with van der Waals surface area (Å²) >= 11 is 0. The van der Waals surface area contributed by atoms with Crippen molar-refractivity contribution in [2.75, 3.05) is 13.2 Å². The molecule has 1 atom stereocenters. The van der Waals surface area contributed by atoms with E-state index in [0.29, 0.717) is 19.3 Å². The summed E-state index contributed by atoms with van der Waals surface area (Å²) in [5.41, 5.74) is 0. The van der Waals surface area contributed by atoms with E-state index in [9.17, 15) is 14.4 Å². The lowest BCUT2D eigenvalue weighted by atomic mass is 10.0. The summed E-state index contributed by atoms with van der Waals surface area (Å²) < 4.78 is 16.9. The molecule has 0 rings (SSSR count). The van der Waals surface area contributed by atoms with Crippen LogP contribution in [0, 0.1) is 0 Å². The summed E-state index contributed by atoms with van der Waals surface area (Å²) in [6.45, 7) is 6.61. The van der Waals surface area contributed by atoms with Gasteiger partial charge in [-0.3, -0.25) is 14.4 Å². The zero-order valence-electron chi connectivity index (χ0n) is 55.3. The molecule has 82 heavy (non-hydrogen) atoms. The molecule has 0 aliphatic heterocycles. The van der Waals surface area contributed by atoms with Gasteiger partial charge in [0.05, 0.1) is 0 Å². The highest BCUT2D eigenvalue weighted by molar-refractivity contribution is 5.71. The fourth-order valence-corrected chi connectivity index (χ4v) is 11.0. The van der Waals surface area contributed by atoms with Gasteiger partial charge < -0.3 is 14.2 Å². The van der Waals surface area contributed by atoms with E-state index < -0.39 is 6.10 Å². The number of hydrogen-bond acceptors (Lipinski definition) is 6. The Morgan fingerprint density at radius 3 is 0.732 bits per heavy atom. The third-order valence-corrected chi connectivity index (χ3v) is 16.5. The van der Waals surface area contributed by atoms with Gasteiger partial charge in [-0.15, -0.1) is 0 Å². The summed E-state index contributed by atoms with van der Waals surface area (Å²) in [5.74, 6) is -0.877. The molecule has 0 fully saturated rings. The van der Waals surface area contributed by atoms with E-state index in [-0.39, 0.29) is 31.1 Å². The van der Waals surface area contributed by atoms with E-state index in [1.807, 2.05) is 0 Å². The Morgan fingerprint density at radius 2 is 0.463 bits per heavy atom. The highest BCUT2D eigenvalue weighted by Gasteiger charge is 2.19. The largest absolute Gasteiger partial charge is 0.462 e. The molecule has 0 heterocycles. The van der Waals surface area contributed by atoms with Crippen LogP contribution in [0.2, 0.25) is 0 Å². The van der Waals surface area contributed by atoms with Gasteiger partial charge in [-0.25, -0.2) is 0 Å². The van der Waals surface area contributed by atoms with Crippen LogP contribution in [-0.4, -0.2) is 37.2 Å². The predicted molar refractivity (Wildman–Crippen MR) is 358 cm³/mol. The lowest BCUT2D eigenvalue weighted by molar-refractivity contribution is -0.167. The Bertz CT molecular complexity index is 1410. The van der Waals surface area contributed by atoms with Crippen LogP contribution >= 0.6 is 0 Å². The molecule has 0 saturated heterocycles. The van der Waals surface area contributed by atoms with Crippen LogP contribution in [-0.2, 0) is 28.6 Å². The number of ether oxygens (including phenoxy) is 3. The second-order valence-corrected chi connectivity index (χ2v) is 24.8. The van der Waals surface area contributed by atoms with Crippen LogP contribution in [0.15, 0.2) is 48.6 Å². The zero-order chi connectivity index (χ0) is 59.2. The molecular weight excluding hydrogens is 1010 g/mol. The van der Waals surface area contributed by atoms with Crippen LogP contribution in [0.1, 0.15) is 400 Å². The normalized spacial score (nSPS) is 12.3. The van der Waals surface area contributed by atoms with Crippen molar-refractivity contribution in [1.29, 1.82) is 0 Å². The van der Waals surface area contributed by atoms with Crippen LogP contribution < -0.4 is 0 Å². The van der Waals surface area contributed by atoms with Crippen molar-refractivity contribution in [3.8, 4) is 0 Å². The van der Waals surface area contributed by atoms with Crippen LogP contribution in [0.4, 0.5) is 0 Å². The number of hydrogen-bond donors (Lipinski definition) is 0. The average Bonchev–Trinajstić information content (AvgIpc) is 3.47. The molecule has 0 aliphatic rings. The lowest BCUT2D eigenvalue weighted by Gasteiger charge is -2.18. The molecule has 0 radical (unpaired) electrons. The van der Waals surface area contributed by atoms with Gasteiger partial charge in [-0.05, 0) is 96.3 Å². The number of rotatable bonds is 68. The first kappa shape index (κ1) is 79.4. The summed E-state index contributed by atoms with van der Waals surface area (Å²) in [6, 6.07) is 0. The molecule has 0 aromatic rings. The second-order valence-electron chi connectivity index (χ2n) is 24.8. The van der Waals surface area contributed by atoms with Gasteiger partial charge >= 0.3 is 17.9 Å². The van der Waals surface area contributed by atoms with Gasteiger partial charge in [0.1, 0.15) is 13.2 Å². The molecule has 6 heteroatoms. The van der Waals surface area contributed by atoms with Gasteiger partial charge in [-0.2, -0.15) is 0 Å². The monoisotopic (exact) mass is 1150 g/mol. The highest BCUT2D eigenvalue weighted by atomic mass is 16.6. The number of allylic oxidation sites excluding steroid dienone is 8. The molecule has 0 aromatic heterocycles. The molecule has 0 aromatic carbocycles. The maximum absolute atomic E-state index is 12.9. The molecular formula is C76H140O6. The minimum atomic E-state index is -0.782. The number of esters is 3. The number of carbonyl (C=O) groups is 3. The Balaban J connectivity index is 4.07. The van der Waals surface area contributed by atoms with E-state index in [1.165, 1.54) is 270 Å². The van der Waals surface area contributed by atoms with E-state index in [1.54, 1.807) is 0 Å². The van der Waals surface area contributed by atoms with Gasteiger partial charge in [0.25, 0.3) is 0 Å². The van der Waals surface area contributed by atoms with Crippen LogP contribution in [0.5, 0.6) is 0 Å². The summed E-state index contributed by atoms with van der Waals surface area (Å²) in [6.07, 6.45) is 90.3. The second kappa shape index (κ2) is 70.9. The van der Waals surface area contributed by atoms with Crippen molar-refractivity contribution in [3.63, 3.8) is 0 Å². The molecule has 6 nitrogen and oxygen atoms in total. The van der Waals surface area contributed by atoms with Gasteiger partial charge in [0.15, 0.2) is 6.10 Å². The van der Waals surface area contributed by atoms with Gasteiger partial charge in [-0.1, -0.05) is 333 Å². The lowest BCUT2D eigenvalue weighted by Crippen LogP contribution is -2.30. The average molecular weight is 1150 g/mol. The first-order chi connectivity index (χ1) is 40.5. The van der Waals surface area contributed by atoms with E-state index >= 15 is 0 Å².